The molecule has 0 amide bonds. The van der Waals surface area contributed by atoms with E-state index in [9.17, 15) is 0 Å². The van der Waals surface area contributed by atoms with Gasteiger partial charge in [0.2, 0.25) is 0 Å². The Morgan fingerprint density at radius 3 is 2.56 bits per heavy atom. The Morgan fingerprint density at radius 1 is 1.11 bits per heavy atom. The fourth-order valence-electron chi connectivity index (χ4n) is 1.50. The van der Waals surface area contributed by atoms with Gasteiger partial charge in [-0.1, -0.05) is 24.9 Å². The summed E-state index contributed by atoms with van der Waals surface area (Å²) >= 11 is 0. The Morgan fingerprint density at radius 2 is 1.89 bits per heavy atom. The van der Waals surface area contributed by atoms with E-state index in [0.717, 1.165) is 12.0 Å². The molecule has 0 N–H and O–H groups in total. The molecule has 0 unspecified atom stereocenters. The number of benzene rings is 1. The Hall–Kier alpha value is -1.71. The number of rotatable bonds is 8. The van der Waals surface area contributed by atoms with Gasteiger partial charge < -0.3 is 14.3 Å². The minimum atomic E-state index is 0.664. The molecule has 0 saturated carbocycles. The zero-order valence-electron chi connectivity index (χ0n) is 11.3. The predicted molar refractivity (Wildman–Crippen MR) is 72.6 cm³/mol. The summed E-state index contributed by atoms with van der Waals surface area (Å²) in [6.45, 7) is 2.82. The summed E-state index contributed by atoms with van der Waals surface area (Å²) in [6, 6.07) is 5.61. The molecule has 0 aliphatic heterocycles. The van der Waals surface area contributed by atoms with Crippen molar-refractivity contribution < 1.29 is 14.3 Å². The highest BCUT2D eigenvalue weighted by molar-refractivity contribution is 5.80. The molecule has 0 aromatic heterocycles. The van der Waals surface area contributed by atoms with Gasteiger partial charge in [0.05, 0.1) is 20.4 Å². The first-order valence-electron chi connectivity index (χ1n) is 6.19. The summed E-state index contributed by atoms with van der Waals surface area (Å²) in [7, 11) is 3.22. The SMILES string of the molecule is CCCCCO/N=C/c1ccc(OC)c(OC)c1. The molecule has 4 nitrogen and oxygen atoms in total. The Kier molecular flexibility index (Phi) is 6.69. The maximum absolute atomic E-state index is 5.21. The molecule has 1 aromatic rings. The summed E-state index contributed by atoms with van der Waals surface area (Å²) in [5.74, 6) is 1.39. The molecule has 0 radical (unpaired) electrons. The monoisotopic (exact) mass is 251 g/mol. The fourth-order valence-corrected chi connectivity index (χ4v) is 1.50. The molecule has 0 atom stereocenters. The second-order valence-electron chi connectivity index (χ2n) is 3.89. The second kappa shape index (κ2) is 8.39. The lowest BCUT2D eigenvalue weighted by Gasteiger charge is -2.07. The third-order valence-electron chi connectivity index (χ3n) is 2.52. The first-order chi connectivity index (χ1) is 8.81. The zero-order valence-corrected chi connectivity index (χ0v) is 11.3. The van der Waals surface area contributed by atoms with Crippen LogP contribution < -0.4 is 9.47 Å². The Labute approximate surface area is 109 Å². The second-order valence-corrected chi connectivity index (χ2v) is 3.89. The van der Waals surface area contributed by atoms with Gasteiger partial charge in [0, 0.05) is 5.56 Å². The van der Waals surface area contributed by atoms with Crippen LogP contribution in [0.25, 0.3) is 0 Å². The van der Waals surface area contributed by atoms with Gasteiger partial charge in [0.15, 0.2) is 11.5 Å². The van der Waals surface area contributed by atoms with E-state index < -0.39 is 0 Å². The van der Waals surface area contributed by atoms with Crippen molar-refractivity contribution in [1.29, 1.82) is 0 Å². The molecule has 0 aliphatic carbocycles. The quantitative estimate of drug-likeness (QED) is 0.404. The molecule has 0 bridgehead atoms. The van der Waals surface area contributed by atoms with Crippen LogP contribution in [0.4, 0.5) is 0 Å². The molecule has 0 fully saturated rings. The summed E-state index contributed by atoms with van der Waals surface area (Å²) in [6.07, 6.45) is 5.07. The van der Waals surface area contributed by atoms with Crippen LogP contribution in [0.2, 0.25) is 0 Å². The minimum Gasteiger partial charge on any atom is -0.493 e. The number of nitrogens with zero attached hydrogens (tertiary/aromatic N) is 1. The van der Waals surface area contributed by atoms with Crippen LogP contribution >= 0.6 is 0 Å². The summed E-state index contributed by atoms with van der Waals surface area (Å²) < 4.78 is 10.4. The van der Waals surface area contributed by atoms with E-state index in [-0.39, 0.29) is 0 Å². The van der Waals surface area contributed by atoms with Crippen LogP contribution in [-0.4, -0.2) is 27.0 Å². The van der Waals surface area contributed by atoms with Crippen LogP contribution in [0, 0.1) is 0 Å². The van der Waals surface area contributed by atoms with E-state index in [2.05, 4.69) is 12.1 Å². The molecule has 1 aromatic carbocycles. The maximum Gasteiger partial charge on any atom is 0.161 e. The zero-order chi connectivity index (χ0) is 13.2. The lowest BCUT2D eigenvalue weighted by Crippen LogP contribution is -1.93. The number of methoxy groups -OCH3 is 2. The molecule has 1 rings (SSSR count). The van der Waals surface area contributed by atoms with Crippen LogP contribution in [0.3, 0.4) is 0 Å². The van der Waals surface area contributed by atoms with E-state index in [1.54, 1.807) is 20.4 Å². The van der Waals surface area contributed by atoms with Gasteiger partial charge in [-0.05, 0) is 24.6 Å². The standard InChI is InChI=1S/C14H21NO3/c1-4-5-6-9-18-15-11-12-7-8-13(16-2)14(10-12)17-3/h7-8,10-11H,4-6,9H2,1-3H3/b15-11+. The van der Waals surface area contributed by atoms with Crippen molar-refractivity contribution in [2.45, 2.75) is 26.2 Å². The maximum atomic E-state index is 5.21. The molecular formula is C14H21NO3. The summed E-state index contributed by atoms with van der Waals surface area (Å²) in [5.41, 5.74) is 0.920. The third-order valence-corrected chi connectivity index (χ3v) is 2.52. The molecule has 4 heteroatoms. The molecule has 0 saturated heterocycles. The molecule has 0 spiro atoms. The van der Waals surface area contributed by atoms with Gasteiger partial charge in [-0.25, -0.2) is 0 Å². The number of unbranched alkanes of at least 4 members (excludes halogenated alkanes) is 2. The van der Waals surface area contributed by atoms with Crippen molar-refractivity contribution in [2.24, 2.45) is 5.16 Å². The number of hydrogen-bond donors (Lipinski definition) is 0. The topological polar surface area (TPSA) is 40.0 Å². The average Bonchev–Trinajstić information content (AvgIpc) is 2.42. The summed E-state index contributed by atoms with van der Waals surface area (Å²) in [4.78, 5) is 5.17. The van der Waals surface area contributed by atoms with Crippen molar-refractivity contribution >= 4 is 6.21 Å². The van der Waals surface area contributed by atoms with Gasteiger partial charge >= 0.3 is 0 Å². The number of hydrogen-bond acceptors (Lipinski definition) is 4. The molecular weight excluding hydrogens is 230 g/mol. The Balaban J connectivity index is 2.49. The first-order valence-corrected chi connectivity index (χ1v) is 6.19. The normalized spacial score (nSPS) is 10.6. The van der Waals surface area contributed by atoms with Gasteiger partial charge in [-0.3, -0.25) is 0 Å². The number of oxime groups is 1. The van der Waals surface area contributed by atoms with E-state index >= 15 is 0 Å². The van der Waals surface area contributed by atoms with Gasteiger partial charge in [0.1, 0.15) is 6.61 Å². The van der Waals surface area contributed by atoms with Crippen LogP contribution in [0.15, 0.2) is 23.4 Å². The minimum absolute atomic E-state index is 0.664. The van der Waals surface area contributed by atoms with Crippen LogP contribution in [0.1, 0.15) is 31.7 Å². The van der Waals surface area contributed by atoms with Crippen molar-refractivity contribution in [3.05, 3.63) is 23.8 Å². The van der Waals surface area contributed by atoms with Crippen molar-refractivity contribution in [2.75, 3.05) is 20.8 Å². The first kappa shape index (κ1) is 14.4. The van der Waals surface area contributed by atoms with Gasteiger partial charge in [-0.2, -0.15) is 0 Å². The third kappa shape index (κ3) is 4.65. The summed E-state index contributed by atoms with van der Waals surface area (Å²) in [5, 5.41) is 3.92. The molecule has 0 aliphatic rings. The predicted octanol–water partition coefficient (Wildman–Crippen LogP) is 3.24. The fraction of sp³-hybridized carbons (Fsp3) is 0.500. The molecule has 18 heavy (non-hydrogen) atoms. The average molecular weight is 251 g/mol. The van der Waals surface area contributed by atoms with Gasteiger partial charge in [0.25, 0.3) is 0 Å². The van der Waals surface area contributed by atoms with Crippen LogP contribution in [-0.2, 0) is 4.84 Å². The highest BCUT2D eigenvalue weighted by Gasteiger charge is 2.02. The largest absolute Gasteiger partial charge is 0.493 e. The van der Waals surface area contributed by atoms with Crippen molar-refractivity contribution in [1.82, 2.24) is 0 Å². The number of ether oxygens (including phenoxy) is 2. The van der Waals surface area contributed by atoms with Crippen LogP contribution in [0.5, 0.6) is 11.5 Å². The van der Waals surface area contributed by atoms with Crippen molar-refractivity contribution in [3.8, 4) is 11.5 Å². The smallest absolute Gasteiger partial charge is 0.161 e. The van der Waals surface area contributed by atoms with E-state index in [1.165, 1.54) is 12.8 Å². The highest BCUT2D eigenvalue weighted by Crippen LogP contribution is 2.26. The van der Waals surface area contributed by atoms with E-state index in [4.69, 9.17) is 14.3 Å². The highest BCUT2D eigenvalue weighted by atomic mass is 16.6. The Bertz CT molecular complexity index is 377. The molecule has 0 heterocycles. The van der Waals surface area contributed by atoms with E-state index in [0.29, 0.717) is 18.1 Å². The molecule has 100 valence electrons. The lowest BCUT2D eigenvalue weighted by molar-refractivity contribution is 0.141. The van der Waals surface area contributed by atoms with E-state index in [1.807, 2.05) is 18.2 Å². The van der Waals surface area contributed by atoms with Crippen molar-refractivity contribution in [3.63, 3.8) is 0 Å². The lowest BCUT2D eigenvalue weighted by atomic mass is 10.2. The van der Waals surface area contributed by atoms with Gasteiger partial charge in [-0.15, -0.1) is 0 Å².